The van der Waals surface area contributed by atoms with Gasteiger partial charge in [0.15, 0.2) is 0 Å². The molecule has 3 heteroatoms. The zero-order valence-corrected chi connectivity index (χ0v) is 10.7. The number of fused-ring (bicyclic) bond motifs is 3. The number of aryl methyl sites for hydroxylation is 1. The highest BCUT2D eigenvalue weighted by Crippen LogP contribution is 2.32. The van der Waals surface area contributed by atoms with Crippen LogP contribution in [0.5, 0.6) is 0 Å². The third-order valence-electron chi connectivity index (χ3n) is 3.88. The van der Waals surface area contributed by atoms with E-state index in [0.717, 1.165) is 43.1 Å². The molecular formula is C15H18FN2. The molecule has 1 heterocycles. The van der Waals surface area contributed by atoms with Crippen molar-refractivity contribution in [2.24, 2.45) is 0 Å². The van der Waals surface area contributed by atoms with Gasteiger partial charge in [-0.3, -0.25) is 5.73 Å². The van der Waals surface area contributed by atoms with Crippen LogP contribution in [0, 0.1) is 5.82 Å². The van der Waals surface area contributed by atoms with Crippen LogP contribution in [0.4, 0.5) is 4.39 Å². The number of halogens is 1. The second kappa shape index (κ2) is 4.39. The Hall–Kier alpha value is -1.35. The molecular weight excluding hydrogens is 227 g/mol. The molecule has 0 aliphatic heterocycles. The Kier molecular flexibility index (Phi) is 2.86. The number of benzene rings is 1. The first-order valence-corrected chi connectivity index (χ1v) is 6.71. The molecule has 0 amide bonds. The van der Waals surface area contributed by atoms with Crippen LogP contribution >= 0.6 is 0 Å². The van der Waals surface area contributed by atoms with Crippen molar-refractivity contribution >= 4 is 10.9 Å². The summed E-state index contributed by atoms with van der Waals surface area (Å²) in [5, 5.41) is 1.02. The molecule has 2 nitrogen and oxygen atoms in total. The molecule has 1 atom stereocenters. The van der Waals surface area contributed by atoms with Gasteiger partial charge in [0.1, 0.15) is 5.82 Å². The number of hydrogen-bond acceptors (Lipinski definition) is 0. The van der Waals surface area contributed by atoms with Crippen LogP contribution in [-0.4, -0.2) is 10.6 Å². The summed E-state index contributed by atoms with van der Waals surface area (Å²) >= 11 is 0. The van der Waals surface area contributed by atoms with E-state index in [-0.39, 0.29) is 11.9 Å². The Morgan fingerprint density at radius 1 is 1.44 bits per heavy atom. The van der Waals surface area contributed by atoms with Crippen molar-refractivity contribution in [3.8, 4) is 0 Å². The SMILES string of the molecule is CCCn1c2c(c3cc(F)ccc31)C[C@@H]([NH])CC2. The topological polar surface area (TPSA) is 28.7 Å². The number of rotatable bonds is 2. The van der Waals surface area contributed by atoms with Crippen molar-refractivity contribution in [2.45, 2.75) is 45.2 Å². The smallest absolute Gasteiger partial charge is 0.123 e. The predicted molar refractivity (Wildman–Crippen MR) is 71.1 cm³/mol. The number of nitrogens with zero attached hydrogens (tertiary/aromatic N) is 1. The molecule has 0 saturated heterocycles. The lowest BCUT2D eigenvalue weighted by Crippen LogP contribution is -2.21. The summed E-state index contributed by atoms with van der Waals surface area (Å²) in [6.07, 6.45) is 3.74. The van der Waals surface area contributed by atoms with Gasteiger partial charge < -0.3 is 4.57 Å². The maximum absolute atomic E-state index is 13.4. The average Bonchev–Trinajstić information content (AvgIpc) is 2.64. The summed E-state index contributed by atoms with van der Waals surface area (Å²) in [4.78, 5) is 0. The highest BCUT2D eigenvalue weighted by Gasteiger charge is 2.23. The van der Waals surface area contributed by atoms with Gasteiger partial charge in [0.25, 0.3) is 0 Å². The van der Waals surface area contributed by atoms with Crippen molar-refractivity contribution in [3.05, 3.63) is 35.3 Å². The average molecular weight is 245 g/mol. The highest BCUT2D eigenvalue weighted by molar-refractivity contribution is 5.86. The van der Waals surface area contributed by atoms with Crippen LogP contribution in [0.1, 0.15) is 31.0 Å². The standard InChI is InChI=1S/C15H18FN2/c1-2-7-18-14-5-3-10(16)8-12(14)13-9-11(17)4-6-15(13)18/h3,5,8,11,17H,2,4,6-7,9H2,1H3/t11-/m0/s1. The van der Waals surface area contributed by atoms with Crippen molar-refractivity contribution in [2.75, 3.05) is 0 Å². The lowest BCUT2D eigenvalue weighted by Gasteiger charge is -2.20. The largest absolute Gasteiger partial charge is 0.344 e. The first kappa shape index (κ1) is 11.7. The monoisotopic (exact) mass is 245 g/mol. The third kappa shape index (κ3) is 1.74. The van der Waals surface area contributed by atoms with Gasteiger partial charge in [0.05, 0.1) is 0 Å². The summed E-state index contributed by atoms with van der Waals surface area (Å²) in [6, 6.07) is 5.04. The summed E-state index contributed by atoms with van der Waals surface area (Å²) in [5.41, 5.74) is 11.6. The molecule has 1 aromatic heterocycles. The van der Waals surface area contributed by atoms with Gasteiger partial charge in [-0.05, 0) is 49.4 Å². The Morgan fingerprint density at radius 2 is 2.28 bits per heavy atom. The zero-order chi connectivity index (χ0) is 12.7. The predicted octanol–water partition coefficient (Wildman–Crippen LogP) is 3.33. The van der Waals surface area contributed by atoms with Gasteiger partial charge in [-0.1, -0.05) is 6.92 Å². The summed E-state index contributed by atoms with van der Waals surface area (Å²) < 4.78 is 15.8. The Labute approximate surface area is 107 Å². The molecule has 0 bridgehead atoms. The minimum atomic E-state index is -0.175. The highest BCUT2D eigenvalue weighted by atomic mass is 19.1. The Morgan fingerprint density at radius 3 is 3.06 bits per heavy atom. The molecule has 0 unspecified atom stereocenters. The lowest BCUT2D eigenvalue weighted by atomic mass is 9.92. The van der Waals surface area contributed by atoms with Crippen molar-refractivity contribution in [1.29, 1.82) is 0 Å². The summed E-state index contributed by atoms with van der Waals surface area (Å²) in [5.74, 6) is -0.175. The molecule has 95 valence electrons. The first-order chi connectivity index (χ1) is 8.70. The van der Waals surface area contributed by atoms with E-state index in [2.05, 4.69) is 11.5 Å². The molecule has 0 spiro atoms. The van der Waals surface area contributed by atoms with E-state index in [9.17, 15) is 4.39 Å². The second-order valence-corrected chi connectivity index (χ2v) is 5.18. The molecule has 18 heavy (non-hydrogen) atoms. The Balaban J connectivity index is 2.26. The van der Waals surface area contributed by atoms with Crippen LogP contribution < -0.4 is 5.73 Å². The minimum absolute atomic E-state index is 0.0264. The summed E-state index contributed by atoms with van der Waals surface area (Å²) in [7, 11) is 0. The van der Waals surface area contributed by atoms with E-state index in [1.165, 1.54) is 17.3 Å². The van der Waals surface area contributed by atoms with Crippen LogP contribution in [0.3, 0.4) is 0 Å². The molecule has 0 saturated carbocycles. The van der Waals surface area contributed by atoms with Crippen LogP contribution in [0.15, 0.2) is 18.2 Å². The maximum Gasteiger partial charge on any atom is 0.123 e. The third-order valence-corrected chi connectivity index (χ3v) is 3.88. The van der Waals surface area contributed by atoms with Gasteiger partial charge in [-0.15, -0.1) is 0 Å². The van der Waals surface area contributed by atoms with E-state index >= 15 is 0 Å². The van der Waals surface area contributed by atoms with Crippen LogP contribution in [-0.2, 0) is 19.4 Å². The molecule has 2 aromatic rings. The molecule has 3 rings (SSSR count). The molecule has 1 aromatic carbocycles. The molecule has 1 radical (unpaired) electrons. The van der Waals surface area contributed by atoms with E-state index in [4.69, 9.17) is 5.73 Å². The van der Waals surface area contributed by atoms with E-state index in [1.807, 2.05) is 6.07 Å². The fourth-order valence-electron chi connectivity index (χ4n) is 3.10. The first-order valence-electron chi connectivity index (χ1n) is 6.71. The fourth-order valence-corrected chi connectivity index (χ4v) is 3.10. The van der Waals surface area contributed by atoms with Gasteiger partial charge in [-0.25, -0.2) is 4.39 Å². The zero-order valence-electron chi connectivity index (χ0n) is 10.7. The maximum atomic E-state index is 13.4. The van der Waals surface area contributed by atoms with Gasteiger partial charge in [0.2, 0.25) is 0 Å². The fraction of sp³-hybridized carbons (Fsp3) is 0.467. The van der Waals surface area contributed by atoms with Gasteiger partial charge in [-0.2, -0.15) is 0 Å². The van der Waals surface area contributed by atoms with Gasteiger partial charge in [0, 0.05) is 29.2 Å². The number of aromatic nitrogens is 1. The van der Waals surface area contributed by atoms with E-state index in [1.54, 1.807) is 6.07 Å². The molecule has 0 fully saturated rings. The number of hydrogen-bond donors (Lipinski definition) is 0. The minimum Gasteiger partial charge on any atom is -0.344 e. The molecule has 1 aliphatic carbocycles. The van der Waals surface area contributed by atoms with Crippen molar-refractivity contribution in [3.63, 3.8) is 0 Å². The molecule has 1 N–H and O–H groups in total. The quantitative estimate of drug-likeness (QED) is 0.776. The second-order valence-electron chi connectivity index (χ2n) is 5.18. The molecule has 1 aliphatic rings. The van der Waals surface area contributed by atoms with Crippen molar-refractivity contribution < 1.29 is 4.39 Å². The van der Waals surface area contributed by atoms with E-state index < -0.39 is 0 Å². The van der Waals surface area contributed by atoms with Crippen LogP contribution in [0.2, 0.25) is 0 Å². The van der Waals surface area contributed by atoms with Crippen LogP contribution in [0.25, 0.3) is 10.9 Å². The summed E-state index contributed by atoms with van der Waals surface area (Å²) in [6.45, 7) is 3.15. The number of nitrogens with one attached hydrogen (secondary N) is 1. The van der Waals surface area contributed by atoms with Gasteiger partial charge >= 0.3 is 0 Å². The Bertz CT molecular complexity index is 586. The van der Waals surface area contributed by atoms with E-state index in [0.29, 0.717) is 0 Å². The normalized spacial score (nSPS) is 19.2. The van der Waals surface area contributed by atoms with Crippen molar-refractivity contribution in [1.82, 2.24) is 10.3 Å². The lowest BCUT2D eigenvalue weighted by molar-refractivity contribution is 0.534.